The Balaban J connectivity index is 3.20. The summed E-state index contributed by atoms with van der Waals surface area (Å²) in [4.78, 5) is 20.9. The minimum Gasteiger partial charge on any atom is -0.365 e. The van der Waals surface area contributed by atoms with Crippen LogP contribution in [0.15, 0.2) is 24.3 Å². The van der Waals surface area contributed by atoms with Crippen molar-refractivity contribution in [1.29, 1.82) is 0 Å². The maximum Gasteiger partial charge on any atom is 0.282 e. The van der Waals surface area contributed by atoms with E-state index in [4.69, 9.17) is 2.82 Å². The second-order valence-corrected chi connectivity index (χ2v) is 2.08. The second-order valence-electron chi connectivity index (χ2n) is 2.08. The predicted octanol–water partition coefficient (Wildman–Crippen LogP) is 0.694. The maximum atomic E-state index is 11.1. The molecule has 1 aromatic rings. The van der Waals surface area contributed by atoms with Gasteiger partial charge in [0, 0.05) is 6.07 Å². The van der Waals surface area contributed by atoms with Gasteiger partial charge in [-0.15, -0.1) is 0 Å². The van der Waals surface area contributed by atoms with Crippen LogP contribution in [0.2, 0.25) is 2.82 Å². The minimum absolute atomic E-state index is 0.192. The highest BCUT2D eigenvalue weighted by molar-refractivity contribution is 5.96. The van der Waals surface area contributed by atoms with E-state index in [9.17, 15) is 14.9 Å². The summed E-state index contributed by atoms with van der Waals surface area (Å²) in [5.41, 5.74) is -0.855. The van der Waals surface area contributed by atoms with Crippen molar-refractivity contribution in [1.82, 2.24) is 0 Å². The minimum atomic E-state index is -1.03. The highest BCUT2D eigenvalue weighted by atomic mass is 16.6. The van der Waals surface area contributed by atoms with Gasteiger partial charge < -0.3 is 5.72 Å². The summed E-state index contributed by atoms with van der Waals surface area (Å²) in [6.45, 7) is 0. The molecule has 0 aliphatic heterocycles. The molecule has 1 aromatic carbocycles. The number of nitro benzene ring substituents is 1. The third kappa shape index (κ3) is 1.39. The van der Waals surface area contributed by atoms with E-state index in [2.05, 4.69) is 0 Å². The van der Waals surface area contributed by atoms with Crippen molar-refractivity contribution < 1.29 is 12.5 Å². The summed E-state index contributed by atoms with van der Waals surface area (Å²) < 4.78 is 13.4. The van der Waals surface area contributed by atoms with Gasteiger partial charge >= 0.3 is 0 Å². The zero-order chi connectivity index (χ0) is 10.7. The molecule has 0 saturated carbocycles. The third-order valence-corrected chi connectivity index (χ3v) is 1.33. The summed E-state index contributed by atoms with van der Waals surface area (Å²) in [7, 11) is 0. The molecule has 1 rings (SSSR count). The molecule has 0 radical (unpaired) electrons. The predicted molar refractivity (Wildman–Crippen MR) is 41.6 cm³/mol. The van der Waals surface area contributed by atoms with Crippen molar-refractivity contribution in [2.24, 2.45) is 5.72 Å². The highest BCUT2D eigenvalue weighted by Crippen LogP contribution is 2.16. The Labute approximate surface area is 70.9 Å². The number of carbonyl (C=O) groups excluding carboxylic acids is 1. The van der Waals surface area contributed by atoms with E-state index in [1.54, 1.807) is 0 Å². The van der Waals surface area contributed by atoms with E-state index in [1.807, 2.05) is 0 Å². The van der Waals surface area contributed by atoms with Crippen molar-refractivity contribution in [2.45, 2.75) is 0 Å². The highest BCUT2D eigenvalue weighted by Gasteiger charge is 2.15. The smallest absolute Gasteiger partial charge is 0.282 e. The fraction of sp³-hybridized carbons (Fsp3) is 0. The van der Waals surface area contributed by atoms with Crippen LogP contribution in [0.5, 0.6) is 0 Å². The number of para-hydroxylation sites is 1. The van der Waals surface area contributed by atoms with Gasteiger partial charge in [0.1, 0.15) is 5.56 Å². The van der Waals surface area contributed by atoms with Crippen molar-refractivity contribution in [3.8, 4) is 0 Å². The first-order valence-corrected chi connectivity index (χ1v) is 3.09. The van der Waals surface area contributed by atoms with Crippen LogP contribution in [0.4, 0.5) is 5.69 Å². The normalized spacial score (nSPS) is 11.3. The zero-order valence-electron chi connectivity index (χ0n) is 7.93. The molecule has 0 aromatic heterocycles. The third-order valence-electron chi connectivity index (χ3n) is 1.33. The SMILES string of the molecule is [2H]N([2H])C(=O)c1ccccc1[N+](=O)[O-]. The molecule has 5 nitrogen and oxygen atoms in total. The van der Waals surface area contributed by atoms with Crippen molar-refractivity contribution in [2.75, 3.05) is 0 Å². The molecule has 0 aliphatic rings. The van der Waals surface area contributed by atoms with Crippen LogP contribution >= 0.6 is 0 Å². The molecule has 62 valence electrons. The Morgan fingerprint density at radius 1 is 1.58 bits per heavy atom. The Morgan fingerprint density at radius 3 is 2.83 bits per heavy atom. The van der Waals surface area contributed by atoms with Gasteiger partial charge in [0.25, 0.3) is 11.6 Å². The van der Waals surface area contributed by atoms with E-state index in [0.717, 1.165) is 6.07 Å². The zero-order valence-corrected chi connectivity index (χ0v) is 5.93. The monoisotopic (exact) mass is 168 g/mol. The summed E-state index contributed by atoms with van der Waals surface area (Å²) >= 11 is 0. The lowest BCUT2D eigenvalue weighted by molar-refractivity contribution is -0.385. The lowest BCUT2D eigenvalue weighted by Gasteiger charge is -1.95. The van der Waals surface area contributed by atoms with Gasteiger partial charge in [0.05, 0.1) is 4.92 Å². The number of rotatable bonds is 2. The largest absolute Gasteiger partial charge is 0.365 e. The molecule has 2 N–H and O–H groups in total. The number of nitro groups is 1. The van der Waals surface area contributed by atoms with Crippen LogP contribution in [0.3, 0.4) is 0 Å². The molecule has 0 saturated heterocycles. The molecule has 0 heterocycles. The fourth-order valence-corrected chi connectivity index (χ4v) is 0.814. The summed E-state index contributed by atoms with van der Waals surface area (Å²) in [5, 5.41) is 10.5. The molecule has 0 atom stereocenters. The quantitative estimate of drug-likeness (QED) is 0.520. The van der Waals surface area contributed by atoms with Gasteiger partial charge in [-0.3, -0.25) is 14.9 Å². The van der Waals surface area contributed by atoms with Gasteiger partial charge in [-0.1, -0.05) is 12.1 Å². The number of carbonyl (C=O) groups is 1. The van der Waals surface area contributed by atoms with Gasteiger partial charge in [-0.05, 0) is 6.07 Å². The van der Waals surface area contributed by atoms with Gasteiger partial charge in [0.2, 0.25) is 0 Å². The van der Waals surface area contributed by atoms with Crippen LogP contribution in [0, 0.1) is 10.1 Å². The van der Waals surface area contributed by atoms with Gasteiger partial charge in [0.15, 0.2) is 2.82 Å². The Kier molecular flexibility index (Phi) is 1.42. The van der Waals surface area contributed by atoms with Crippen LogP contribution in [0.25, 0.3) is 0 Å². The molecule has 1 amide bonds. The first kappa shape index (κ1) is 5.70. The van der Waals surface area contributed by atoms with E-state index >= 15 is 0 Å². The number of hydrogen-bond donors (Lipinski definition) is 1. The van der Waals surface area contributed by atoms with Crippen molar-refractivity contribution in [3.05, 3.63) is 39.9 Å². The van der Waals surface area contributed by atoms with Crippen LogP contribution in [-0.4, -0.2) is 10.8 Å². The molecule has 12 heavy (non-hydrogen) atoms. The second kappa shape index (κ2) is 3.00. The number of nitrogens with zero attached hydrogens (tertiary/aromatic N) is 1. The summed E-state index contributed by atoms with van der Waals surface area (Å²) in [6.07, 6.45) is 0. The Hall–Kier alpha value is -1.91. The van der Waals surface area contributed by atoms with Crippen molar-refractivity contribution >= 4 is 11.6 Å². The van der Waals surface area contributed by atoms with Crippen molar-refractivity contribution in [3.63, 3.8) is 0 Å². The molecule has 0 bridgehead atoms. The summed E-state index contributed by atoms with van der Waals surface area (Å²) in [5.74, 6) is -1.03. The molecule has 0 fully saturated rings. The van der Waals surface area contributed by atoms with Crippen LogP contribution < -0.4 is 5.72 Å². The lowest BCUT2D eigenvalue weighted by Crippen LogP contribution is -2.12. The average Bonchev–Trinajstić information content (AvgIpc) is 2.16. The molecule has 0 aliphatic carbocycles. The Bertz CT molecular complexity index is 381. The van der Waals surface area contributed by atoms with Gasteiger partial charge in [-0.2, -0.15) is 0 Å². The maximum absolute atomic E-state index is 11.1. The molecule has 5 heteroatoms. The standard InChI is InChI=1S/C7H6N2O3/c8-7(10)5-3-1-2-4-6(5)9(11)12/h1-4H,(H2,8,10)/i/hD2. The molecular formula is C7H6N2O3. The average molecular weight is 168 g/mol. The van der Waals surface area contributed by atoms with E-state index < -0.39 is 16.5 Å². The van der Waals surface area contributed by atoms with Crippen LogP contribution in [0.1, 0.15) is 10.4 Å². The van der Waals surface area contributed by atoms with Gasteiger partial charge in [-0.25, -0.2) is 0 Å². The first-order chi connectivity index (χ1) is 6.54. The number of primary amides is 1. The molecule has 0 spiro atoms. The molecule has 0 unspecified atom stereocenters. The number of amides is 1. The first-order valence-electron chi connectivity index (χ1n) is 3.99. The summed E-state index contributed by atoms with van der Waals surface area (Å²) in [6, 6.07) is 5.20. The number of benzene rings is 1. The van der Waals surface area contributed by atoms with E-state index in [-0.39, 0.29) is 11.3 Å². The van der Waals surface area contributed by atoms with E-state index in [1.165, 1.54) is 18.2 Å². The fourth-order valence-electron chi connectivity index (χ4n) is 0.814. The number of nitrogens with two attached hydrogens (primary N) is 1. The van der Waals surface area contributed by atoms with Crippen LogP contribution in [-0.2, 0) is 0 Å². The Morgan fingerprint density at radius 2 is 2.25 bits per heavy atom. The molecular weight excluding hydrogens is 160 g/mol. The van der Waals surface area contributed by atoms with E-state index in [0.29, 0.717) is 0 Å². The number of hydrogen-bond acceptors (Lipinski definition) is 3. The lowest BCUT2D eigenvalue weighted by atomic mass is 10.2. The topological polar surface area (TPSA) is 86.2 Å².